The summed E-state index contributed by atoms with van der Waals surface area (Å²) in [5.74, 6) is -0.115. The minimum atomic E-state index is -0.851. The molecule has 0 aliphatic carbocycles. The van der Waals surface area contributed by atoms with Crippen molar-refractivity contribution in [3.8, 4) is 0 Å². The summed E-state index contributed by atoms with van der Waals surface area (Å²) in [5, 5.41) is 22.7. The molecular formula is C32H59NO3. The Bertz CT molecular complexity index is 556. The van der Waals surface area contributed by atoms with E-state index in [0.717, 1.165) is 38.5 Å². The number of allylic oxidation sites excluding steroid dienone is 5. The van der Waals surface area contributed by atoms with Crippen LogP contribution < -0.4 is 5.32 Å². The second-order valence-corrected chi connectivity index (χ2v) is 10.2. The molecule has 0 bridgehead atoms. The van der Waals surface area contributed by atoms with Crippen LogP contribution in [0.15, 0.2) is 36.5 Å². The van der Waals surface area contributed by atoms with Crippen molar-refractivity contribution in [2.75, 3.05) is 6.61 Å². The van der Waals surface area contributed by atoms with E-state index in [1.165, 1.54) is 83.5 Å². The summed E-state index contributed by atoms with van der Waals surface area (Å²) >= 11 is 0. The lowest BCUT2D eigenvalue weighted by molar-refractivity contribution is -0.122. The van der Waals surface area contributed by atoms with Crippen LogP contribution in [0.1, 0.15) is 142 Å². The van der Waals surface area contributed by atoms with Crippen molar-refractivity contribution in [3.63, 3.8) is 0 Å². The third-order valence-electron chi connectivity index (χ3n) is 6.62. The molecule has 0 aromatic heterocycles. The standard InChI is InChI=1S/C32H59NO3/c1-3-5-7-9-11-13-15-16-18-19-21-23-25-27-31(35)30(29-34)33-32(36)28-26-24-22-20-17-14-12-10-8-6-4-2/h12,14,20,22,25,27,30-31,34-35H,3-11,13,15-19,21,23-24,26,28-29H2,1-2H3,(H,33,36)/b14-12?,22-20?,27-25+/t30-,31+/m0/s1. The van der Waals surface area contributed by atoms with E-state index in [4.69, 9.17) is 0 Å². The lowest BCUT2D eigenvalue weighted by Crippen LogP contribution is -2.45. The van der Waals surface area contributed by atoms with Gasteiger partial charge in [0, 0.05) is 6.42 Å². The number of aliphatic hydroxyl groups is 2. The monoisotopic (exact) mass is 505 g/mol. The molecular weight excluding hydrogens is 446 g/mol. The zero-order valence-electron chi connectivity index (χ0n) is 23.8. The predicted molar refractivity (Wildman–Crippen MR) is 156 cm³/mol. The van der Waals surface area contributed by atoms with Gasteiger partial charge in [-0.25, -0.2) is 0 Å². The SMILES string of the molecule is CCCCCC=CCC=CCCCC(=O)N[C@@H](CO)[C@H](O)/C=C/CCCCCCCCCCCCC. The molecule has 0 unspecified atom stereocenters. The first kappa shape index (κ1) is 34.6. The Hall–Kier alpha value is -1.39. The fourth-order valence-electron chi connectivity index (χ4n) is 4.21. The van der Waals surface area contributed by atoms with Crippen LogP contribution in [-0.2, 0) is 4.79 Å². The summed E-state index contributed by atoms with van der Waals surface area (Å²) in [6, 6.07) is -0.639. The van der Waals surface area contributed by atoms with Gasteiger partial charge in [-0.15, -0.1) is 0 Å². The molecule has 0 spiro atoms. The number of carbonyl (C=O) groups is 1. The van der Waals surface area contributed by atoms with E-state index in [-0.39, 0.29) is 12.5 Å². The highest BCUT2D eigenvalue weighted by molar-refractivity contribution is 5.76. The topological polar surface area (TPSA) is 69.6 Å². The molecule has 3 N–H and O–H groups in total. The maximum atomic E-state index is 12.2. The second-order valence-electron chi connectivity index (χ2n) is 10.2. The van der Waals surface area contributed by atoms with E-state index in [1.54, 1.807) is 6.08 Å². The highest BCUT2D eigenvalue weighted by Gasteiger charge is 2.17. The lowest BCUT2D eigenvalue weighted by atomic mass is 10.0. The molecule has 0 aliphatic rings. The van der Waals surface area contributed by atoms with Gasteiger partial charge in [-0.2, -0.15) is 0 Å². The van der Waals surface area contributed by atoms with Crippen LogP contribution in [0.3, 0.4) is 0 Å². The highest BCUT2D eigenvalue weighted by atomic mass is 16.3. The molecule has 4 heteroatoms. The Balaban J connectivity index is 3.78. The van der Waals surface area contributed by atoms with E-state index in [1.807, 2.05) is 6.08 Å². The smallest absolute Gasteiger partial charge is 0.220 e. The minimum Gasteiger partial charge on any atom is -0.394 e. The van der Waals surface area contributed by atoms with E-state index in [9.17, 15) is 15.0 Å². The van der Waals surface area contributed by atoms with Crippen LogP contribution in [-0.4, -0.2) is 34.9 Å². The normalized spacial score (nSPS) is 13.8. The summed E-state index contributed by atoms with van der Waals surface area (Å²) in [6.07, 6.45) is 35.0. The molecule has 36 heavy (non-hydrogen) atoms. The Morgan fingerprint density at radius 3 is 1.72 bits per heavy atom. The molecule has 0 aromatic carbocycles. The maximum absolute atomic E-state index is 12.2. The zero-order chi connectivity index (χ0) is 26.5. The van der Waals surface area contributed by atoms with Crippen molar-refractivity contribution in [3.05, 3.63) is 36.5 Å². The lowest BCUT2D eigenvalue weighted by Gasteiger charge is -2.19. The van der Waals surface area contributed by atoms with Crippen LogP contribution in [0, 0.1) is 0 Å². The second kappa shape index (κ2) is 28.2. The maximum Gasteiger partial charge on any atom is 0.220 e. The highest BCUT2D eigenvalue weighted by Crippen LogP contribution is 2.12. The van der Waals surface area contributed by atoms with Gasteiger partial charge in [0.15, 0.2) is 0 Å². The number of nitrogens with one attached hydrogen (secondary N) is 1. The molecule has 4 nitrogen and oxygen atoms in total. The first-order valence-corrected chi connectivity index (χ1v) is 15.2. The van der Waals surface area contributed by atoms with Gasteiger partial charge < -0.3 is 15.5 Å². The first-order chi connectivity index (χ1) is 17.7. The van der Waals surface area contributed by atoms with Crippen LogP contribution in [0.4, 0.5) is 0 Å². The minimum absolute atomic E-state index is 0.115. The van der Waals surface area contributed by atoms with Gasteiger partial charge in [-0.3, -0.25) is 4.79 Å². The Kier molecular flexibility index (Phi) is 27.1. The molecule has 0 aliphatic heterocycles. The van der Waals surface area contributed by atoms with Crippen molar-refractivity contribution in [1.82, 2.24) is 5.32 Å². The van der Waals surface area contributed by atoms with Gasteiger partial charge in [0.1, 0.15) is 0 Å². The third-order valence-corrected chi connectivity index (χ3v) is 6.62. The number of hydrogen-bond acceptors (Lipinski definition) is 3. The number of amides is 1. The Labute approximate surface area is 223 Å². The van der Waals surface area contributed by atoms with E-state index in [2.05, 4.69) is 43.5 Å². The molecule has 0 fully saturated rings. The Morgan fingerprint density at radius 1 is 0.667 bits per heavy atom. The molecule has 0 saturated carbocycles. The summed E-state index contributed by atoms with van der Waals surface area (Å²) in [7, 11) is 0. The van der Waals surface area contributed by atoms with Gasteiger partial charge in [0.25, 0.3) is 0 Å². The van der Waals surface area contributed by atoms with Crippen molar-refractivity contribution in [2.45, 2.75) is 154 Å². The summed E-state index contributed by atoms with van der Waals surface area (Å²) < 4.78 is 0. The first-order valence-electron chi connectivity index (χ1n) is 15.2. The number of aliphatic hydroxyl groups excluding tert-OH is 2. The number of carbonyl (C=O) groups excluding carboxylic acids is 1. The molecule has 0 radical (unpaired) electrons. The van der Waals surface area contributed by atoms with Crippen LogP contribution >= 0.6 is 0 Å². The van der Waals surface area contributed by atoms with Gasteiger partial charge in [-0.05, 0) is 44.9 Å². The molecule has 210 valence electrons. The number of unbranched alkanes of at least 4 members (excludes halogenated alkanes) is 15. The van der Waals surface area contributed by atoms with E-state index in [0.29, 0.717) is 6.42 Å². The van der Waals surface area contributed by atoms with Crippen molar-refractivity contribution in [1.29, 1.82) is 0 Å². The van der Waals surface area contributed by atoms with Gasteiger partial charge >= 0.3 is 0 Å². The van der Waals surface area contributed by atoms with Crippen molar-refractivity contribution >= 4 is 5.91 Å². The number of hydrogen-bond donors (Lipinski definition) is 3. The fourth-order valence-corrected chi connectivity index (χ4v) is 4.21. The summed E-state index contributed by atoms with van der Waals surface area (Å²) in [6.45, 7) is 4.22. The van der Waals surface area contributed by atoms with Gasteiger partial charge in [0.2, 0.25) is 5.91 Å². The largest absolute Gasteiger partial charge is 0.394 e. The predicted octanol–water partition coefficient (Wildman–Crippen LogP) is 8.33. The molecule has 0 heterocycles. The fraction of sp³-hybridized carbons (Fsp3) is 0.781. The Morgan fingerprint density at radius 2 is 1.14 bits per heavy atom. The molecule has 2 atom stereocenters. The molecule has 1 amide bonds. The van der Waals surface area contributed by atoms with Crippen LogP contribution in [0.25, 0.3) is 0 Å². The van der Waals surface area contributed by atoms with Crippen LogP contribution in [0.5, 0.6) is 0 Å². The quantitative estimate of drug-likeness (QED) is 0.0817. The van der Waals surface area contributed by atoms with Crippen molar-refractivity contribution in [2.24, 2.45) is 0 Å². The van der Waals surface area contributed by atoms with Gasteiger partial charge in [0.05, 0.1) is 18.8 Å². The van der Waals surface area contributed by atoms with Crippen molar-refractivity contribution < 1.29 is 15.0 Å². The average molecular weight is 506 g/mol. The number of rotatable bonds is 26. The van der Waals surface area contributed by atoms with Gasteiger partial charge in [-0.1, -0.05) is 127 Å². The van der Waals surface area contributed by atoms with E-state index >= 15 is 0 Å². The molecule has 0 saturated heterocycles. The molecule has 0 aromatic rings. The molecule has 0 rings (SSSR count). The summed E-state index contributed by atoms with van der Waals surface area (Å²) in [4.78, 5) is 12.2. The summed E-state index contributed by atoms with van der Waals surface area (Å²) in [5.41, 5.74) is 0. The zero-order valence-corrected chi connectivity index (χ0v) is 23.8. The van der Waals surface area contributed by atoms with Crippen LogP contribution in [0.2, 0.25) is 0 Å². The van der Waals surface area contributed by atoms with E-state index < -0.39 is 12.1 Å². The third kappa shape index (κ3) is 24.3. The average Bonchev–Trinajstić information content (AvgIpc) is 2.88.